The predicted octanol–water partition coefficient (Wildman–Crippen LogP) is 2.08. The molecule has 1 aromatic rings. The summed E-state index contributed by atoms with van der Waals surface area (Å²) in [5.41, 5.74) is 0.840. The second-order valence-electron chi connectivity index (χ2n) is 6.40. The van der Waals surface area contributed by atoms with Gasteiger partial charge in [-0.3, -0.25) is 9.78 Å². The molecule has 0 aromatic carbocycles. The lowest BCUT2D eigenvalue weighted by atomic mass is 10.1. The largest absolute Gasteiger partial charge is 0.444 e. The van der Waals surface area contributed by atoms with Gasteiger partial charge in [-0.15, -0.1) is 0 Å². The van der Waals surface area contributed by atoms with Crippen LogP contribution >= 0.6 is 0 Å². The van der Waals surface area contributed by atoms with E-state index in [4.69, 9.17) is 4.74 Å². The van der Waals surface area contributed by atoms with Crippen LogP contribution in [0.5, 0.6) is 0 Å². The minimum Gasteiger partial charge on any atom is -0.444 e. The number of pyridine rings is 1. The Hall–Kier alpha value is -2.11. The third-order valence-corrected chi connectivity index (χ3v) is 3.46. The van der Waals surface area contributed by atoms with Crippen LogP contribution < -0.4 is 0 Å². The van der Waals surface area contributed by atoms with Gasteiger partial charge in [-0.1, -0.05) is 0 Å². The SMILES string of the molecule is Cc1ncccc1C(=O)N1CCN(C(=O)OC(C)(C)C)CC1. The molecule has 0 spiro atoms. The summed E-state index contributed by atoms with van der Waals surface area (Å²) < 4.78 is 5.35. The van der Waals surface area contributed by atoms with E-state index >= 15 is 0 Å². The van der Waals surface area contributed by atoms with Crippen molar-refractivity contribution in [1.82, 2.24) is 14.8 Å². The Labute approximate surface area is 131 Å². The number of piperazine rings is 1. The highest BCUT2D eigenvalue weighted by Crippen LogP contribution is 2.14. The molecule has 2 rings (SSSR count). The van der Waals surface area contributed by atoms with E-state index in [1.807, 2.05) is 27.7 Å². The molecule has 0 atom stereocenters. The van der Waals surface area contributed by atoms with Crippen LogP contribution in [-0.4, -0.2) is 58.6 Å². The predicted molar refractivity (Wildman–Crippen MR) is 82.7 cm³/mol. The second-order valence-corrected chi connectivity index (χ2v) is 6.40. The van der Waals surface area contributed by atoms with Crippen LogP contribution in [0.2, 0.25) is 0 Å². The number of carbonyl (C=O) groups is 2. The average molecular weight is 305 g/mol. The highest BCUT2D eigenvalue weighted by atomic mass is 16.6. The number of carbonyl (C=O) groups excluding carboxylic acids is 2. The van der Waals surface area contributed by atoms with E-state index in [0.29, 0.717) is 31.7 Å². The van der Waals surface area contributed by atoms with E-state index < -0.39 is 5.60 Å². The molecule has 2 amide bonds. The highest BCUT2D eigenvalue weighted by Gasteiger charge is 2.28. The van der Waals surface area contributed by atoms with Crippen LogP contribution in [0.25, 0.3) is 0 Å². The second kappa shape index (κ2) is 6.34. The molecular weight excluding hydrogens is 282 g/mol. The molecule has 6 heteroatoms. The number of ether oxygens (including phenoxy) is 1. The summed E-state index contributed by atoms with van der Waals surface area (Å²) in [5.74, 6) is -0.0329. The molecule has 120 valence electrons. The molecule has 0 aliphatic carbocycles. The number of rotatable bonds is 1. The number of amides is 2. The van der Waals surface area contributed by atoms with Gasteiger partial charge in [0.15, 0.2) is 0 Å². The van der Waals surface area contributed by atoms with Crippen LogP contribution in [0.15, 0.2) is 18.3 Å². The minimum atomic E-state index is -0.503. The molecule has 1 aromatic heterocycles. The van der Waals surface area contributed by atoms with E-state index in [0.717, 1.165) is 5.69 Å². The highest BCUT2D eigenvalue weighted by molar-refractivity contribution is 5.95. The molecule has 22 heavy (non-hydrogen) atoms. The van der Waals surface area contributed by atoms with Gasteiger partial charge in [0.1, 0.15) is 5.60 Å². The van der Waals surface area contributed by atoms with Crippen molar-refractivity contribution in [3.05, 3.63) is 29.6 Å². The van der Waals surface area contributed by atoms with Crippen LogP contribution in [0.4, 0.5) is 4.79 Å². The zero-order valence-electron chi connectivity index (χ0n) is 13.6. The van der Waals surface area contributed by atoms with Crippen molar-refractivity contribution in [3.63, 3.8) is 0 Å². The first-order valence-corrected chi connectivity index (χ1v) is 7.47. The molecule has 6 nitrogen and oxygen atoms in total. The van der Waals surface area contributed by atoms with Gasteiger partial charge in [-0.2, -0.15) is 0 Å². The molecule has 1 aliphatic heterocycles. The first kappa shape index (κ1) is 16.3. The first-order valence-electron chi connectivity index (χ1n) is 7.47. The number of aryl methyl sites for hydroxylation is 1. The smallest absolute Gasteiger partial charge is 0.410 e. The topological polar surface area (TPSA) is 62.7 Å². The summed E-state index contributed by atoms with van der Waals surface area (Å²) >= 11 is 0. The molecule has 0 bridgehead atoms. The summed E-state index contributed by atoms with van der Waals surface area (Å²) in [5, 5.41) is 0. The number of hydrogen-bond donors (Lipinski definition) is 0. The lowest BCUT2D eigenvalue weighted by Gasteiger charge is -2.35. The van der Waals surface area contributed by atoms with E-state index in [1.165, 1.54) is 0 Å². The molecular formula is C16H23N3O3. The van der Waals surface area contributed by atoms with Crippen LogP contribution in [0.1, 0.15) is 36.8 Å². The summed E-state index contributed by atoms with van der Waals surface area (Å²) in [7, 11) is 0. The van der Waals surface area contributed by atoms with E-state index in [2.05, 4.69) is 4.98 Å². The monoisotopic (exact) mass is 305 g/mol. The fraction of sp³-hybridized carbons (Fsp3) is 0.562. The van der Waals surface area contributed by atoms with Crippen molar-refractivity contribution in [2.75, 3.05) is 26.2 Å². The Bertz CT molecular complexity index is 558. The van der Waals surface area contributed by atoms with E-state index in [-0.39, 0.29) is 12.0 Å². The first-order chi connectivity index (χ1) is 10.3. The van der Waals surface area contributed by atoms with Crippen molar-refractivity contribution in [2.24, 2.45) is 0 Å². The van der Waals surface area contributed by atoms with Crippen molar-refractivity contribution in [3.8, 4) is 0 Å². The summed E-state index contributed by atoms with van der Waals surface area (Å²) in [6, 6.07) is 3.54. The van der Waals surface area contributed by atoms with Gasteiger partial charge >= 0.3 is 6.09 Å². The van der Waals surface area contributed by atoms with Crippen LogP contribution in [0, 0.1) is 6.92 Å². The van der Waals surface area contributed by atoms with Gasteiger partial charge in [0.25, 0.3) is 5.91 Å². The summed E-state index contributed by atoms with van der Waals surface area (Å²) in [4.78, 5) is 32.0. The molecule has 1 fully saturated rings. The fourth-order valence-corrected chi connectivity index (χ4v) is 2.30. The van der Waals surface area contributed by atoms with E-state index in [9.17, 15) is 9.59 Å². The minimum absolute atomic E-state index is 0.0329. The number of nitrogens with zero attached hydrogens (tertiary/aromatic N) is 3. The summed E-state index contributed by atoms with van der Waals surface area (Å²) in [6.45, 7) is 9.34. The van der Waals surface area contributed by atoms with Gasteiger partial charge < -0.3 is 14.5 Å². The fourth-order valence-electron chi connectivity index (χ4n) is 2.30. The van der Waals surface area contributed by atoms with Crippen molar-refractivity contribution < 1.29 is 14.3 Å². The third kappa shape index (κ3) is 3.96. The lowest BCUT2D eigenvalue weighted by molar-refractivity contribution is 0.0140. The van der Waals surface area contributed by atoms with Gasteiger partial charge in [-0.05, 0) is 39.8 Å². The Balaban J connectivity index is 1.94. The molecule has 1 aliphatic rings. The maximum Gasteiger partial charge on any atom is 0.410 e. The summed E-state index contributed by atoms with van der Waals surface area (Å²) in [6.07, 6.45) is 1.35. The normalized spacial score (nSPS) is 15.6. The Morgan fingerprint density at radius 2 is 1.73 bits per heavy atom. The van der Waals surface area contributed by atoms with Gasteiger partial charge in [0.2, 0.25) is 0 Å². The quantitative estimate of drug-likeness (QED) is 0.797. The molecule has 2 heterocycles. The maximum atomic E-state index is 12.5. The Morgan fingerprint density at radius 3 is 2.27 bits per heavy atom. The molecule has 0 saturated carbocycles. The number of aromatic nitrogens is 1. The van der Waals surface area contributed by atoms with E-state index in [1.54, 1.807) is 28.1 Å². The van der Waals surface area contributed by atoms with Crippen molar-refractivity contribution in [2.45, 2.75) is 33.3 Å². The van der Waals surface area contributed by atoms with Crippen molar-refractivity contribution in [1.29, 1.82) is 0 Å². The zero-order chi connectivity index (χ0) is 16.3. The standard InChI is InChI=1S/C16H23N3O3/c1-12-13(6-5-7-17-12)14(20)18-8-10-19(11-9-18)15(21)22-16(2,3)4/h5-7H,8-11H2,1-4H3. The van der Waals surface area contributed by atoms with Crippen LogP contribution in [0.3, 0.4) is 0 Å². The molecule has 1 saturated heterocycles. The number of hydrogen-bond acceptors (Lipinski definition) is 4. The van der Waals surface area contributed by atoms with Gasteiger partial charge in [0, 0.05) is 38.1 Å². The lowest BCUT2D eigenvalue weighted by Crippen LogP contribution is -2.51. The Kier molecular flexibility index (Phi) is 4.68. The van der Waals surface area contributed by atoms with Crippen molar-refractivity contribution >= 4 is 12.0 Å². The van der Waals surface area contributed by atoms with Crippen LogP contribution in [-0.2, 0) is 4.74 Å². The average Bonchev–Trinajstić information content (AvgIpc) is 2.45. The van der Waals surface area contributed by atoms with Gasteiger partial charge in [-0.25, -0.2) is 4.79 Å². The Morgan fingerprint density at radius 1 is 1.14 bits per heavy atom. The maximum absolute atomic E-state index is 12.5. The molecule has 0 unspecified atom stereocenters. The zero-order valence-corrected chi connectivity index (χ0v) is 13.6. The van der Waals surface area contributed by atoms with Gasteiger partial charge in [0.05, 0.1) is 5.56 Å². The molecule has 0 N–H and O–H groups in total. The third-order valence-electron chi connectivity index (χ3n) is 3.46. The molecule has 0 radical (unpaired) electrons.